The maximum atomic E-state index is 4.05. The second-order valence-electron chi connectivity index (χ2n) is 4.39. The van der Waals surface area contributed by atoms with E-state index in [1.807, 2.05) is 24.2 Å². The van der Waals surface area contributed by atoms with E-state index in [0.717, 1.165) is 12.5 Å². The van der Waals surface area contributed by atoms with Gasteiger partial charge in [0.25, 0.3) is 0 Å². The summed E-state index contributed by atoms with van der Waals surface area (Å²) in [7, 11) is 0. The highest BCUT2D eigenvalue weighted by atomic mass is 32.2. The number of likely N-dealkylation sites (tertiary alicyclic amines) is 1. The zero-order chi connectivity index (χ0) is 11.2. The zero-order valence-electron chi connectivity index (χ0n) is 9.93. The molecule has 2 rings (SSSR count). The lowest BCUT2D eigenvalue weighted by atomic mass is 10.2. The third-order valence-electron chi connectivity index (χ3n) is 3.30. The molecule has 16 heavy (non-hydrogen) atoms. The van der Waals surface area contributed by atoms with Crippen LogP contribution in [0.25, 0.3) is 0 Å². The van der Waals surface area contributed by atoms with Gasteiger partial charge in [-0.05, 0) is 49.8 Å². The number of nitrogens with zero attached hydrogens (tertiary/aromatic N) is 2. The van der Waals surface area contributed by atoms with E-state index in [4.69, 9.17) is 0 Å². The highest BCUT2D eigenvalue weighted by Crippen LogP contribution is 2.20. The van der Waals surface area contributed by atoms with Crippen LogP contribution in [0.2, 0.25) is 0 Å². The van der Waals surface area contributed by atoms with Crippen LogP contribution in [0.4, 0.5) is 0 Å². The van der Waals surface area contributed by atoms with E-state index in [9.17, 15) is 0 Å². The third-order valence-corrected chi connectivity index (χ3v) is 4.01. The first-order chi connectivity index (χ1) is 7.90. The molecule has 0 radical (unpaired) electrons. The molecule has 1 aliphatic rings. The van der Waals surface area contributed by atoms with E-state index in [1.165, 1.54) is 37.2 Å². The average molecular weight is 236 g/mol. The normalized spacial score (nSPS) is 21.4. The zero-order valence-corrected chi connectivity index (χ0v) is 10.7. The number of pyridine rings is 1. The summed E-state index contributed by atoms with van der Waals surface area (Å²) in [4.78, 5) is 6.70. The van der Waals surface area contributed by atoms with Crippen molar-refractivity contribution in [3.63, 3.8) is 0 Å². The molecule has 1 aromatic rings. The van der Waals surface area contributed by atoms with Crippen LogP contribution in [0.15, 0.2) is 24.5 Å². The Morgan fingerprint density at radius 3 is 3.00 bits per heavy atom. The van der Waals surface area contributed by atoms with Crippen LogP contribution in [-0.2, 0) is 6.42 Å². The molecule has 3 heteroatoms. The molecule has 1 aliphatic heterocycles. The molecule has 1 aromatic heterocycles. The highest BCUT2D eigenvalue weighted by Gasteiger charge is 2.23. The van der Waals surface area contributed by atoms with E-state index in [2.05, 4.69) is 28.3 Å². The summed E-state index contributed by atoms with van der Waals surface area (Å²) in [5, 5.41) is 0. The topological polar surface area (TPSA) is 16.1 Å². The Balaban J connectivity index is 1.81. The molecule has 1 fully saturated rings. The molecule has 0 amide bonds. The fraction of sp³-hybridized carbons (Fsp3) is 0.615. The van der Waals surface area contributed by atoms with Crippen molar-refractivity contribution in [2.45, 2.75) is 25.3 Å². The van der Waals surface area contributed by atoms with Crippen molar-refractivity contribution in [1.82, 2.24) is 9.88 Å². The van der Waals surface area contributed by atoms with Crippen molar-refractivity contribution in [2.75, 3.05) is 25.1 Å². The molecule has 1 atom stereocenters. The van der Waals surface area contributed by atoms with Crippen molar-refractivity contribution < 1.29 is 0 Å². The number of hydrogen-bond acceptors (Lipinski definition) is 3. The monoisotopic (exact) mass is 236 g/mol. The molecule has 0 spiro atoms. The minimum Gasteiger partial charge on any atom is -0.299 e. The van der Waals surface area contributed by atoms with Gasteiger partial charge in [0.2, 0.25) is 0 Å². The molecular formula is C13H20N2S. The van der Waals surface area contributed by atoms with Gasteiger partial charge < -0.3 is 0 Å². The highest BCUT2D eigenvalue weighted by molar-refractivity contribution is 7.98. The van der Waals surface area contributed by atoms with Gasteiger partial charge >= 0.3 is 0 Å². The van der Waals surface area contributed by atoms with Gasteiger partial charge in [-0.2, -0.15) is 11.8 Å². The second kappa shape index (κ2) is 6.26. The Morgan fingerprint density at radius 1 is 1.44 bits per heavy atom. The Labute approximate surface area is 102 Å². The van der Waals surface area contributed by atoms with Crippen LogP contribution in [0, 0.1) is 0 Å². The Bertz CT molecular complexity index is 302. The van der Waals surface area contributed by atoms with Crippen LogP contribution in [0.3, 0.4) is 0 Å². The number of hydrogen-bond donors (Lipinski definition) is 0. The molecule has 1 saturated heterocycles. The van der Waals surface area contributed by atoms with E-state index in [-0.39, 0.29) is 0 Å². The van der Waals surface area contributed by atoms with Crippen LogP contribution >= 0.6 is 11.8 Å². The first-order valence-corrected chi connectivity index (χ1v) is 7.41. The molecule has 0 bridgehead atoms. The van der Waals surface area contributed by atoms with E-state index >= 15 is 0 Å². The molecule has 88 valence electrons. The van der Waals surface area contributed by atoms with Gasteiger partial charge in [0, 0.05) is 30.7 Å². The third kappa shape index (κ3) is 3.22. The molecule has 2 heterocycles. The van der Waals surface area contributed by atoms with Gasteiger partial charge in [0.1, 0.15) is 0 Å². The first-order valence-electron chi connectivity index (χ1n) is 6.02. The summed E-state index contributed by atoms with van der Waals surface area (Å²) in [6.45, 7) is 2.49. The fourth-order valence-corrected chi connectivity index (χ4v) is 3.16. The van der Waals surface area contributed by atoms with Gasteiger partial charge in [-0.15, -0.1) is 0 Å². The van der Waals surface area contributed by atoms with Crippen molar-refractivity contribution >= 4 is 11.8 Å². The summed E-state index contributed by atoms with van der Waals surface area (Å²) in [6, 6.07) is 5.07. The summed E-state index contributed by atoms with van der Waals surface area (Å²) < 4.78 is 0. The maximum Gasteiger partial charge on any atom is 0.0270 e. The molecule has 0 N–H and O–H groups in total. The van der Waals surface area contributed by atoms with Gasteiger partial charge in [0.15, 0.2) is 0 Å². The largest absolute Gasteiger partial charge is 0.299 e. The van der Waals surface area contributed by atoms with Crippen LogP contribution < -0.4 is 0 Å². The van der Waals surface area contributed by atoms with Gasteiger partial charge in [-0.1, -0.05) is 0 Å². The van der Waals surface area contributed by atoms with Gasteiger partial charge in [0.05, 0.1) is 0 Å². The van der Waals surface area contributed by atoms with Crippen LogP contribution in [0.5, 0.6) is 0 Å². The Kier molecular flexibility index (Phi) is 4.67. The predicted octanol–water partition coefficient (Wildman–Crippen LogP) is 2.45. The van der Waals surface area contributed by atoms with E-state index in [1.54, 1.807) is 0 Å². The molecule has 0 unspecified atom stereocenters. The Morgan fingerprint density at radius 2 is 2.25 bits per heavy atom. The lowest BCUT2D eigenvalue weighted by Gasteiger charge is -2.23. The van der Waals surface area contributed by atoms with E-state index in [0.29, 0.717) is 0 Å². The summed E-state index contributed by atoms with van der Waals surface area (Å²) >= 11 is 1.97. The van der Waals surface area contributed by atoms with E-state index < -0.39 is 0 Å². The first kappa shape index (κ1) is 11.9. The fourth-order valence-electron chi connectivity index (χ4n) is 2.39. The summed E-state index contributed by atoms with van der Waals surface area (Å²) in [5.74, 6) is 1.29. The second-order valence-corrected chi connectivity index (χ2v) is 5.30. The van der Waals surface area contributed by atoms with Crippen molar-refractivity contribution in [1.29, 1.82) is 0 Å². The molecule has 0 aliphatic carbocycles. The number of aromatic nitrogens is 1. The quantitative estimate of drug-likeness (QED) is 0.781. The summed E-state index contributed by atoms with van der Waals surface area (Å²) in [5.41, 5.74) is 1.41. The predicted molar refractivity (Wildman–Crippen MR) is 70.9 cm³/mol. The smallest absolute Gasteiger partial charge is 0.0270 e. The van der Waals surface area contributed by atoms with Crippen LogP contribution in [0.1, 0.15) is 18.4 Å². The Hall–Kier alpha value is -0.540. The van der Waals surface area contributed by atoms with Gasteiger partial charge in [-0.25, -0.2) is 0 Å². The van der Waals surface area contributed by atoms with Crippen LogP contribution in [-0.4, -0.2) is 41.0 Å². The van der Waals surface area contributed by atoms with Crippen molar-refractivity contribution in [3.8, 4) is 0 Å². The lowest BCUT2D eigenvalue weighted by Crippen LogP contribution is -2.33. The average Bonchev–Trinajstić information content (AvgIpc) is 2.76. The SMILES string of the molecule is CSC[C@@H]1CCCN1CCc1ccncc1. The summed E-state index contributed by atoms with van der Waals surface area (Å²) in [6.07, 6.45) is 9.91. The molecule has 0 aromatic carbocycles. The minimum absolute atomic E-state index is 0.817. The lowest BCUT2D eigenvalue weighted by molar-refractivity contribution is 0.276. The number of rotatable bonds is 5. The molecule has 2 nitrogen and oxygen atoms in total. The number of thioether (sulfide) groups is 1. The van der Waals surface area contributed by atoms with Crippen molar-refractivity contribution in [3.05, 3.63) is 30.1 Å². The molecular weight excluding hydrogens is 216 g/mol. The van der Waals surface area contributed by atoms with Gasteiger partial charge in [-0.3, -0.25) is 9.88 Å². The maximum absolute atomic E-state index is 4.05. The minimum atomic E-state index is 0.817. The van der Waals surface area contributed by atoms with Crippen molar-refractivity contribution in [2.24, 2.45) is 0 Å². The standard InChI is InChI=1S/C13H20N2S/c1-16-11-13-3-2-9-15(13)10-6-12-4-7-14-8-5-12/h4-5,7-8,13H,2-3,6,9-11H2,1H3/t13-/m0/s1. The molecule has 0 saturated carbocycles.